The summed E-state index contributed by atoms with van der Waals surface area (Å²) in [5, 5.41) is 30.0. The molecule has 0 spiro atoms. The van der Waals surface area contributed by atoms with E-state index in [1.807, 2.05) is 0 Å². The summed E-state index contributed by atoms with van der Waals surface area (Å²) in [4.78, 5) is 18.1. The first-order valence-electron chi connectivity index (χ1n) is 3.57. The van der Waals surface area contributed by atoms with Gasteiger partial charge in [-0.05, 0) is 0 Å². The fraction of sp³-hybridized carbons (Fsp3) is 0.667. The first kappa shape index (κ1) is 20.1. The number of aliphatic hydroxyl groups is 2. The Balaban J connectivity index is -0.000000166. The number of halogens is 3. The van der Waals surface area contributed by atoms with Crippen molar-refractivity contribution in [1.29, 1.82) is 0 Å². The maximum absolute atomic E-state index is 10.6. The number of carboxylic acid groups (broad SMARTS) is 2. The molecule has 0 unspecified atom stereocenters. The lowest BCUT2D eigenvalue weighted by Crippen LogP contribution is -2.21. The average Bonchev–Trinajstić information content (AvgIpc) is 2.17. The third-order valence-electron chi connectivity index (χ3n) is 0.517. The predicted octanol–water partition coefficient (Wildman–Crippen LogP) is -1.37. The van der Waals surface area contributed by atoms with Crippen LogP contribution in [0, 0.1) is 0 Å². The number of alkyl halides is 3. The second kappa shape index (κ2) is 11.7. The summed E-state index contributed by atoms with van der Waals surface area (Å²) in [7, 11) is 0. The molecule has 0 aliphatic carbocycles. The lowest BCUT2D eigenvalue weighted by Gasteiger charge is -1.93. The summed E-state index contributed by atoms with van der Waals surface area (Å²) in [6, 6.07) is 0. The van der Waals surface area contributed by atoms with Crippen molar-refractivity contribution in [2.75, 3.05) is 19.8 Å². The van der Waals surface area contributed by atoms with Crippen molar-refractivity contribution in [3.8, 4) is 0 Å². The van der Waals surface area contributed by atoms with Gasteiger partial charge in [-0.3, -0.25) is 4.79 Å². The van der Waals surface area contributed by atoms with Gasteiger partial charge in [-0.2, -0.15) is 13.2 Å². The van der Waals surface area contributed by atoms with Crippen molar-refractivity contribution < 1.29 is 43.2 Å². The number of hydrogen-bond acceptors (Lipinski definition) is 5. The van der Waals surface area contributed by atoms with Crippen molar-refractivity contribution in [1.82, 2.24) is 0 Å². The Morgan fingerprint density at radius 1 is 1.06 bits per heavy atom. The van der Waals surface area contributed by atoms with Gasteiger partial charge in [-0.1, -0.05) is 0 Å². The Morgan fingerprint density at radius 2 is 1.25 bits per heavy atom. The highest BCUT2D eigenvalue weighted by molar-refractivity contribution is 5.73. The van der Waals surface area contributed by atoms with Gasteiger partial charge in [0.15, 0.2) is 0 Å². The van der Waals surface area contributed by atoms with Gasteiger partial charge in [0.2, 0.25) is 0 Å². The lowest BCUT2D eigenvalue weighted by molar-refractivity contribution is -0.192. The number of aliphatic hydroxyl groups excluding tert-OH is 2. The van der Waals surface area contributed by atoms with Gasteiger partial charge in [0.25, 0.3) is 0 Å². The van der Waals surface area contributed by atoms with Gasteiger partial charge in [0.1, 0.15) is 0 Å². The summed E-state index contributed by atoms with van der Waals surface area (Å²) in [5.74, 6) is -3.72. The van der Waals surface area contributed by atoms with E-state index in [0.717, 1.165) is 0 Å². The monoisotopic (exact) mass is 251 g/mol. The summed E-state index contributed by atoms with van der Waals surface area (Å²) < 4.78 is 31.7. The summed E-state index contributed by atoms with van der Waals surface area (Å²) in [6.45, 7) is -0.528. The maximum Gasteiger partial charge on any atom is 0.490 e. The Bertz CT molecular complexity index is 193. The summed E-state index contributed by atoms with van der Waals surface area (Å²) >= 11 is 0. The molecular weight excluding hydrogens is 239 g/mol. The van der Waals surface area contributed by atoms with Gasteiger partial charge >= 0.3 is 18.1 Å². The fourth-order valence-corrected chi connectivity index (χ4v) is 0. The normalized spacial score (nSPS) is 9.12. The lowest BCUT2D eigenvalue weighted by atomic mass is 10.7. The van der Waals surface area contributed by atoms with Crippen LogP contribution in [0.1, 0.15) is 0 Å². The smallest absolute Gasteiger partial charge is 0.480 e. The van der Waals surface area contributed by atoms with Gasteiger partial charge in [-0.15, -0.1) is 0 Å². The van der Waals surface area contributed by atoms with Crippen molar-refractivity contribution in [2.24, 2.45) is 5.73 Å². The van der Waals surface area contributed by atoms with Gasteiger partial charge < -0.3 is 26.2 Å². The van der Waals surface area contributed by atoms with Crippen LogP contribution in [0.3, 0.4) is 0 Å². The molecule has 0 aromatic heterocycles. The summed E-state index contributed by atoms with van der Waals surface area (Å²) in [5.41, 5.74) is 4.57. The van der Waals surface area contributed by atoms with E-state index < -0.39 is 18.1 Å². The number of nitrogens with two attached hydrogens (primary N) is 1. The molecule has 0 aliphatic heterocycles. The molecule has 0 bridgehead atoms. The molecule has 0 atom stereocenters. The van der Waals surface area contributed by atoms with Crippen molar-refractivity contribution in [3.05, 3.63) is 0 Å². The molecular formula is C6H12F3NO6. The van der Waals surface area contributed by atoms with Crippen LogP contribution in [-0.4, -0.2) is 58.3 Å². The van der Waals surface area contributed by atoms with Crippen LogP contribution in [0.4, 0.5) is 13.2 Å². The standard InChI is InChI=1S/C2HF3O2.C2H5NO2.C2H6O2/c3-2(4,5)1(6)7;3-1-2(4)5;3-1-2-4/h(H,6,7);1,3H2,(H,4,5);3-4H,1-2H2. The zero-order valence-electron chi connectivity index (χ0n) is 7.94. The first-order valence-corrected chi connectivity index (χ1v) is 3.57. The van der Waals surface area contributed by atoms with Crippen LogP contribution in [0.15, 0.2) is 0 Å². The largest absolute Gasteiger partial charge is 0.490 e. The molecule has 10 heteroatoms. The van der Waals surface area contributed by atoms with Gasteiger partial charge in [0.05, 0.1) is 19.8 Å². The van der Waals surface area contributed by atoms with E-state index in [0.29, 0.717) is 0 Å². The molecule has 0 aromatic carbocycles. The van der Waals surface area contributed by atoms with E-state index in [1.54, 1.807) is 0 Å². The number of hydrogen-bond donors (Lipinski definition) is 5. The van der Waals surface area contributed by atoms with E-state index in [4.69, 9.17) is 25.2 Å². The third-order valence-corrected chi connectivity index (χ3v) is 0.517. The van der Waals surface area contributed by atoms with Crippen LogP contribution in [0.2, 0.25) is 0 Å². The van der Waals surface area contributed by atoms with Crippen molar-refractivity contribution in [2.45, 2.75) is 6.18 Å². The summed E-state index contributed by atoms with van der Waals surface area (Å²) in [6.07, 6.45) is -5.08. The second-order valence-electron chi connectivity index (χ2n) is 1.85. The molecule has 0 fully saturated rings. The Hall–Kier alpha value is -1.39. The average molecular weight is 251 g/mol. The van der Waals surface area contributed by atoms with E-state index in [1.165, 1.54) is 0 Å². The number of aliphatic carboxylic acids is 2. The SMILES string of the molecule is NCC(=O)O.O=C(O)C(F)(F)F.OCCO. The van der Waals surface area contributed by atoms with Crippen LogP contribution < -0.4 is 5.73 Å². The number of rotatable bonds is 2. The molecule has 0 aliphatic rings. The van der Waals surface area contributed by atoms with Gasteiger partial charge in [0, 0.05) is 0 Å². The number of carbonyl (C=O) groups is 2. The molecule has 0 heterocycles. The molecule has 6 N–H and O–H groups in total. The van der Waals surface area contributed by atoms with E-state index in [-0.39, 0.29) is 19.8 Å². The zero-order valence-corrected chi connectivity index (χ0v) is 7.94. The maximum atomic E-state index is 10.6. The molecule has 98 valence electrons. The highest BCUT2D eigenvalue weighted by atomic mass is 19.4. The Morgan fingerprint density at radius 3 is 1.25 bits per heavy atom. The highest BCUT2D eigenvalue weighted by Gasteiger charge is 2.38. The molecule has 0 saturated heterocycles. The number of carboxylic acids is 2. The molecule has 0 rings (SSSR count). The molecule has 0 saturated carbocycles. The predicted molar refractivity (Wildman–Crippen MR) is 44.6 cm³/mol. The molecule has 0 amide bonds. The molecule has 16 heavy (non-hydrogen) atoms. The van der Waals surface area contributed by atoms with Crippen molar-refractivity contribution >= 4 is 11.9 Å². The molecule has 7 nitrogen and oxygen atoms in total. The topological polar surface area (TPSA) is 141 Å². The fourth-order valence-electron chi connectivity index (χ4n) is 0. The minimum absolute atomic E-state index is 0.125. The third kappa shape index (κ3) is 29.4. The van der Waals surface area contributed by atoms with Crippen LogP contribution in [0.5, 0.6) is 0 Å². The van der Waals surface area contributed by atoms with E-state index in [9.17, 15) is 18.0 Å². The quantitative estimate of drug-likeness (QED) is 0.407. The second-order valence-corrected chi connectivity index (χ2v) is 1.85. The Kier molecular flexibility index (Phi) is 14.7. The molecule has 0 aromatic rings. The minimum Gasteiger partial charge on any atom is -0.480 e. The molecule has 0 radical (unpaired) electrons. The van der Waals surface area contributed by atoms with Crippen LogP contribution in [0.25, 0.3) is 0 Å². The van der Waals surface area contributed by atoms with Gasteiger partial charge in [-0.25, -0.2) is 4.79 Å². The van der Waals surface area contributed by atoms with Crippen molar-refractivity contribution in [3.63, 3.8) is 0 Å². The Labute approximate surface area is 87.9 Å². The van der Waals surface area contributed by atoms with E-state index >= 15 is 0 Å². The van der Waals surface area contributed by atoms with E-state index in [2.05, 4.69) is 5.73 Å². The first-order chi connectivity index (χ1) is 7.13. The minimum atomic E-state index is -5.08. The van der Waals surface area contributed by atoms with Crippen LogP contribution in [-0.2, 0) is 9.59 Å². The highest BCUT2D eigenvalue weighted by Crippen LogP contribution is 2.13. The zero-order chi connectivity index (χ0) is 13.8. The van der Waals surface area contributed by atoms with Crippen LogP contribution >= 0.6 is 0 Å².